The van der Waals surface area contributed by atoms with Gasteiger partial charge < -0.3 is 5.11 Å². The van der Waals surface area contributed by atoms with Crippen LogP contribution in [0, 0.1) is 13.5 Å². The molecule has 26 heavy (non-hydrogen) atoms. The Morgan fingerprint density at radius 3 is 2.65 bits per heavy atom. The van der Waals surface area contributed by atoms with Crippen LogP contribution in [0.25, 0.3) is 10.7 Å². The minimum absolute atomic E-state index is 0.176. The fourth-order valence-electron chi connectivity index (χ4n) is 2.39. The van der Waals surface area contributed by atoms with Crippen LogP contribution in [0.2, 0.25) is 0 Å². The molecule has 3 heterocycles. The molecule has 0 atom stereocenters. The summed E-state index contributed by atoms with van der Waals surface area (Å²) >= 11 is 0. The van der Waals surface area contributed by atoms with Crippen LogP contribution < -0.4 is 0 Å². The van der Waals surface area contributed by atoms with E-state index in [2.05, 4.69) is 35.4 Å². The summed E-state index contributed by atoms with van der Waals surface area (Å²) in [5.74, 6) is 0.534. The van der Waals surface area contributed by atoms with E-state index in [1.807, 2.05) is 20.8 Å². The Balaban J connectivity index is 2.00. The molecule has 0 unspecified atom stereocenters. The van der Waals surface area contributed by atoms with Crippen molar-refractivity contribution in [3.8, 4) is 11.7 Å². The first-order valence-corrected chi connectivity index (χ1v) is 7.91. The molecule has 0 aliphatic rings. The molecule has 0 aliphatic heterocycles. The zero-order chi connectivity index (χ0) is 18.9. The summed E-state index contributed by atoms with van der Waals surface area (Å²) in [6.45, 7) is 15.0. The van der Waals surface area contributed by atoms with Gasteiger partial charge in [-0.25, -0.2) is 9.83 Å². The Morgan fingerprint density at radius 1 is 1.27 bits per heavy atom. The van der Waals surface area contributed by atoms with Crippen LogP contribution in [0.5, 0.6) is 5.88 Å². The molecule has 0 saturated carbocycles. The van der Waals surface area contributed by atoms with Crippen molar-refractivity contribution in [2.75, 3.05) is 0 Å². The number of aromatic nitrogens is 5. The predicted octanol–water partition coefficient (Wildman–Crippen LogP) is 4.27. The van der Waals surface area contributed by atoms with Gasteiger partial charge in [-0.05, 0) is 24.5 Å². The third-order valence-electron chi connectivity index (χ3n) is 3.67. The lowest BCUT2D eigenvalue weighted by molar-refractivity contribution is 0.433. The van der Waals surface area contributed by atoms with Crippen LogP contribution in [0.1, 0.15) is 32.2 Å². The third-order valence-corrected chi connectivity index (χ3v) is 3.67. The molecule has 0 spiro atoms. The van der Waals surface area contributed by atoms with Crippen molar-refractivity contribution in [3.05, 3.63) is 47.2 Å². The molecule has 3 rings (SSSR count). The third kappa shape index (κ3) is 3.04. The molecule has 132 valence electrons. The lowest BCUT2D eigenvalue weighted by Crippen LogP contribution is -2.11. The average molecular weight is 350 g/mol. The van der Waals surface area contributed by atoms with Gasteiger partial charge in [0, 0.05) is 6.20 Å². The van der Waals surface area contributed by atoms with Crippen LogP contribution in [0.15, 0.2) is 34.6 Å². The van der Waals surface area contributed by atoms with Crippen LogP contribution in [0.3, 0.4) is 0 Å². The average Bonchev–Trinajstić information content (AvgIpc) is 3.14. The smallest absolute Gasteiger partial charge is 0.255 e. The van der Waals surface area contributed by atoms with E-state index < -0.39 is 0 Å². The van der Waals surface area contributed by atoms with E-state index in [9.17, 15) is 5.11 Å². The maximum atomic E-state index is 10.4. The number of nitrogens with zero attached hydrogens (tertiary/aromatic N) is 7. The van der Waals surface area contributed by atoms with E-state index in [4.69, 9.17) is 6.57 Å². The van der Waals surface area contributed by atoms with Crippen molar-refractivity contribution >= 4 is 17.2 Å². The summed E-state index contributed by atoms with van der Waals surface area (Å²) in [7, 11) is 0. The van der Waals surface area contributed by atoms with Crippen LogP contribution in [-0.4, -0.2) is 30.1 Å². The van der Waals surface area contributed by atoms with Crippen molar-refractivity contribution in [2.24, 2.45) is 10.2 Å². The molecule has 0 aliphatic carbocycles. The second-order valence-corrected chi connectivity index (χ2v) is 6.69. The lowest BCUT2D eigenvalue weighted by atomic mass is 9.91. The van der Waals surface area contributed by atoms with Crippen molar-refractivity contribution in [1.82, 2.24) is 25.0 Å². The molecule has 0 saturated heterocycles. The Hall–Kier alpha value is -3.54. The van der Waals surface area contributed by atoms with Gasteiger partial charge in [0.05, 0.1) is 18.0 Å². The highest BCUT2D eigenvalue weighted by molar-refractivity contribution is 5.67. The monoisotopic (exact) mass is 350 g/mol. The van der Waals surface area contributed by atoms with Gasteiger partial charge >= 0.3 is 0 Å². The second kappa shape index (κ2) is 6.40. The Labute approximate surface area is 150 Å². The van der Waals surface area contributed by atoms with Crippen molar-refractivity contribution in [1.29, 1.82) is 0 Å². The molecule has 3 aromatic heterocycles. The van der Waals surface area contributed by atoms with Gasteiger partial charge in [-0.2, -0.15) is 14.9 Å². The number of hydrogen-bond donors (Lipinski definition) is 2. The van der Waals surface area contributed by atoms with Gasteiger partial charge in [-0.15, -0.1) is 10.2 Å². The van der Waals surface area contributed by atoms with Crippen molar-refractivity contribution in [3.63, 3.8) is 0 Å². The van der Waals surface area contributed by atoms with Crippen molar-refractivity contribution < 1.29 is 5.11 Å². The summed E-state index contributed by atoms with van der Waals surface area (Å²) in [5, 5.41) is 29.7. The number of pyridine rings is 1. The van der Waals surface area contributed by atoms with Gasteiger partial charge in [-0.3, -0.25) is 5.10 Å². The molecule has 0 aromatic carbocycles. The van der Waals surface area contributed by atoms with E-state index >= 15 is 0 Å². The highest BCUT2D eigenvalue weighted by atomic mass is 16.3. The number of aromatic amines is 1. The van der Waals surface area contributed by atoms with E-state index in [-0.39, 0.29) is 22.8 Å². The van der Waals surface area contributed by atoms with E-state index in [0.29, 0.717) is 22.9 Å². The number of H-pyrrole nitrogens is 1. The molecular weight excluding hydrogens is 332 g/mol. The van der Waals surface area contributed by atoms with Gasteiger partial charge in [0.25, 0.3) is 5.69 Å². The van der Waals surface area contributed by atoms with Crippen molar-refractivity contribution in [2.45, 2.75) is 33.1 Å². The topological polar surface area (TPSA) is 109 Å². The zero-order valence-electron chi connectivity index (χ0n) is 14.9. The van der Waals surface area contributed by atoms with Crippen LogP contribution in [0.4, 0.5) is 17.2 Å². The number of hydrogen-bond acceptors (Lipinski definition) is 6. The summed E-state index contributed by atoms with van der Waals surface area (Å²) in [6, 6.07) is 5.28. The minimum atomic E-state index is -0.300. The summed E-state index contributed by atoms with van der Waals surface area (Å²) in [5.41, 5.74) is 1.32. The number of aromatic hydroxyl groups is 1. The molecule has 9 heteroatoms. The summed E-state index contributed by atoms with van der Waals surface area (Å²) in [4.78, 5) is 7.67. The first kappa shape index (κ1) is 17.3. The molecule has 2 N–H and O–H groups in total. The standard InChI is InChI=1S/C17H18N8O/c1-10-12(16(26)25(24-10)11-8-6-7-9-19-11)20-22-15-13(18-5)14(21-23-15)17(2,3)4/h6-9,26H,1-4H3,(H,21,23)/b22-20+. The fourth-order valence-corrected chi connectivity index (χ4v) is 2.39. The van der Waals surface area contributed by atoms with E-state index in [0.717, 1.165) is 0 Å². The predicted molar refractivity (Wildman–Crippen MR) is 95.5 cm³/mol. The highest BCUT2D eigenvalue weighted by Gasteiger charge is 2.25. The molecule has 0 fully saturated rings. The van der Waals surface area contributed by atoms with Crippen LogP contribution in [-0.2, 0) is 5.41 Å². The van der Waals surface area contributed by atoms with Gasteiger partial charge in [0.1, 0.15) is 0 Å². The Kier molecular flexibility index (Phi) is 4.26. The number of aryl methyl sites for hydroxylation is 1. The van der Waals surface area contributed by atoms with Gasteiger partial charge in [0.2, 0.25) is 5.88 Å². The van der Waals surface area contributed by atoms with E-state index in [1.165, 1.54) is 4.68 Å². The SMILES string of the molecule is [C-]#[N+]c1c(C(C)(C)C)n[nH]c1/N=N/c1c(C)nn(-c2ccccn2)c1O. The molecule has 0 amide bonds. The summed E-state index contributed by atoms with van der Waals surface area (Å²) in [6.07, 6.45) is 1.60. The van der Waals surface area contributed by atoms with Gasteiger partial charge in [0.15, 0.2) is 17.3 Å². The maximum absolute atomic E-state index is 10.4. The Morgan fingerprint density at radius 2 is 2.04 bits per heavy atom. The normalized spacial score (nSPS) is 11.8. The largest absolute Gasteiger partial charge is 0.492 e. The summed E-state index contributed by atoms with van der Waals surface area (Å²) < 4.78 is 1.28. The maximum Gasteiger partial charge on any atom is 0.255 e. The number of rotatable bonds is 3. The second-order valence-electron chi connectivity index (χ2n) is 6.69. The lowest BCUT2D eigenvalue weighted by Gasteiger charge is -2.15. The zero-order valence-corrected chi connectivity index (χ0v) is 14.9. The molecule has 3 aromatic rings. The highest BCUT2D eigenvalue weighted by Crippen LogP contribution is 2.39. The van der Waals surface area contributed by atoms with Gasteiger partial charge in [-0.1, -0.05) is 26.8 Å². The minimum Gasteiger partial charge on any atom is -0.492 e. The molecular formula is C17H18N8O. The fraction of sp³-hybridized carbons (Fsp3) is 0.294. The number of azo groups is 1. The first-order chi connectivity index (χ1) is 12.3. The van der Waals surface area contributed by atoms with E-state index in [1.54, 1.807) is 31.3 Å². The molecule has 9 nitrogen and oxygen atoms in total. The quantitative estimate of drug-likeness (QED) is 0.543. The van der Waals surface area contributed by atoms with Crippen LogP contribution >= 0.6 is 0 Å². The molecule has 0 bridgehead atoms. The number of nitrogens with one attached hydrogen (secondary N) is 1. The Bertz CT molecular complexity index is 1000. The first-order valence-electron chi connectivity index (χ1n) is 7.91. The molecule has 0 radical (unpaired) electrons.